The second kappa shape index (κ2) is 6.35. The molecule has 25 heavy (non-hydrogen) atoms. The van der Waals surface area contributed by atoms with Crippen LogP contribution in [0.3, 0.4) is 0 Å². The van der Waals surface area contributed by atoms with Crippen LogP contribution in [0, 0.1) is 11.6 Å². The molecule has 7 heteroatoms. The average molecular weight is 344 g/mol. The van der Waals surface area contributed by atoms with Crippen LogP contribution >= 0.6 is 0 Å². The topological polar surface area (TPSA) is 85.3 Å². The van der Waals surface area contributed by atoms with Gasteiger partial charge in [0.15, 0.2) is 11.6 Å². The normalized spacial score (nSPS) is 11.0. The molecule has 3 rings (SSSR count). The molecule has 0 aliphatic heterocycles. The van der Waals surface area contributed by atoms with Gasteiger partial charge < -0.3 is 15.4 Å². The number of nitrogens with two attached hydrogens (primary N) is 1. The summed E-state index contributed by atoms with van der Waals surface area (Å²) in [5.41, 5.74) is 4.41. The summed E-state index contributed by atoms with van der Waals surface area (Å²) in [7, 11) is 0. The second-order valence-electron chi connectivity index (χ2n) is 5.59. The number of carbonyl (C=O) groups is 1. The smallest absolute Gasteiger partial charge is 0.341 e. The van der Waals surface area contributed by atoms with Crippen LogP contribution in [0.25, 0.3) is 10.9 Å². The lowest BCUT2D eigenvalue weighted by Gasteiger charge is -2.14. The maximum Gasteiger partial charge on any atom is 0.341 e. The number of nitrogen functional groups attached to an aromatic ring is 1. The molecule has 128 valence electrons. The van der Waals surface area contributed by atoms with Crippen molar-refractivity contribution in [1.29, 1.82) is 0 Å². The molecule has 0 aliphatic rings. The number of carboxylic acid groups (broad SMARTS) is 1. The number of aromatic nitrogens is 1. The molecule has 1 heterocycles. The highest BCUT2D eigenvalue weighted by molar-refractivity contribution is 5.97. The van der Waals surface area contributed by atoms with Crippen LogP contribution in [0.15, 0.2) is 47.4 Å². The molecule has 1 aromatic heterocycles. The largest absolute Gasteiger partial charge is 0.477 e. The number of anilines is 1. The van der Waals surface area contributed by atoms with Crippen molar-refractivity contribution in [3.05, 3.63) is 75.6 Å². The second-order valence-corrected chi connectivity index (χ2v) is 5.59. The molecular formula is C18H14F2N2O3. The third kappa shape index (κ3) is 2.96. The van der Waals surface area contributed by atoms with Crippen molar-refractivity contribution in [2.24, 2.45) is 0 Å². The Labute approximate surface area is 140 Å². The van der Waals surface area contributed by atoms with E-state index in [0.29, 0.717) is 6.42 Å². The first-order chi connectivity index (χ1) is 11.9. The number of aryl methyl sites for hydroxylation is 2. The predicted octanol–water partition coefficient (Wildman–Crippen LogP) is 2.80. The molecule has 0 radical (unpaired) electrons. The number of pyridine rings is 1. The zero-order chi connectivity index (χ0) is 18.1. The molecule has 0 saturated heterocycles. The number of fused-ring (bicyclic) bond motifs is 1. The molecule has 3 aromatic rings. The van der Waals surface area contributed by atoms with Gasteiger partial charge in [-0.1, -0.05) is 30.3 Å². The Balaban J connectivity index is 2.21. The highest BCUT2D eigenvalue weighted by Gasteiger charge is 2.20. The molecule has 5 nitrogen and oxygen atoms in total. The Morgan fingerprint density at radius 3 is 2.52 bits per heavy atom. The van der Waals surface area contributed by atoms with Crippen molar-refractivity contribution in [3.8, 4) is 0 Å². The summed E-state index contributed by atoms with van der Waals surface area (Å²) in [6.07, 6.45) is 1.64. The van der Waals surface area contributed by atoms with Crippen LogP contribution in [0.2, 0.25) is 0 Å². The number of aromatic carboxylic acids is 1. The molecule has 0 saturated carbocycles. The first-order valence-corrected chi connectivity index (χ1v) is 7.48. The minimum atomic E-state index is -1.45. The van der Waals surface area contributed by atoms with Crippen LogP contribution in [0.4, 0.5) is 14.5 Å². The number of benzene rings is 2. The zero-order valence-electron chi connectivity index (χ0n) is 13.0. The molecule has 0 unspecified atom stereocenters. The standard InChI is InChI=1S/C18H14F2N2O3/c19-12-8-13-14(16(21)15(12)20)17(23)11(18(24)25)9-22(13)7-6-10-4-2-1-3-5-10/h1-5,8-9H,6-7,21H2,(H,24,25). The van der Waals surface area contributed by atoms with Gasteiger partial charge in [-0.3, -0.25) is 4.79 Å². The zero-order valence-corrected chi connectivity index (χ0v) is 13.0. The van der Waals surface area contributed by atoms with Gasteiger partial charge in [-0.15, -0.1) is 0 Å². The van der Waals surface area contributed by atoms with Crippen molar-refractivity contribution in [3.63, 3.8) is 0 Å². The number of halogens is 2. The van der Waals surface area contributed by atoms with E-state index in [-0.39, 0.29) is 17.4 Å². The third-order valence-electron chi connectivity index (χ3n) is 4.02. The molecule has 0 fully saturated rings. The van der Waals surface area contributed by atoms with E-state index in [0.717, 1.165) is 17.8 Å². The van der Waals surface area contributed by atoms with Gasteiger partial charge in [0.25, 0.3) is 0 Å². The fraction of sp³-hybridized carbons (Fsp3) is 0.111. The van der Waals surface area contributed by atoms with Crippen LogP contribution < -0.4 is 11.2 Å². The molecule has 0 spiro atoms. The number of hydrogen-bond donors (Lipinski definition) is 2. The van der Waals surface area contributed by atoms with Crippen LogP contribution in [0.1, 0.15) is 15.9 Å². The monoisotopic (exact) mass is 344 g/mol. The fourth-order valence-corrected chi connectivity index (χ4v) is 2.75. The summed E-state index contributed by atoms with van der Waals surface area (Å²) in [5.74, 6) is -4.01. The summed E-state index contributed by atoms with van der Waals surface area (Å²) in [4.78, 5) is 23.7. The lowest BCUT2D eigenvalue weighted by atomic mass is 10.1. The first kappa shape index (κ1) is 16.6. The van der Waals surface area contributed by atoms with Gasteiger partial charge in [0.2, 0.25) is 5.43 Å². The van der Waals surface area contributed by atoms with Crippen molar-refractivity contribution in [2.75, 3.05) is 5.73 Å². The number of rotatable bonds is 4. The van der Waals surface area contributed by atoms with E-state index in [1.807, 2.05) is 30.3 Å². The van der Waals surface area contributed by atoms with Crippen molar-refractivity contribution in [2.45, 2.75) is 13.0 Å². The average Bonchev–Trinajstić information content (AvgIpc) is 2.59. The molecule has 0 amide bonds. The van der Waals surface area contributed by atoms with E-state index in [2.05, 4.69) is 0 Å². The lowest BCUT2D eigenvalue weighted by Crippen LogP contribution is -2.21. The lowest BCUT2D eigenvalue weighted by molar-refractivity contribution is 0.0695. The Hall–Kier alpha value is -3.22. The van der Waals surface area contributed by atoms with Gasteiger partial charge in [-0.25, -0.2) is 13.6 Å². The molecular weight excluding hydrogens is 330 g/mol. The Morgan fingerprint density at radius 2 is 1.88 bits per heavy atom. The molecule has 2 aromatic carbocycles. The van der Waals surface area contributed by atoms with E-state index in [1.165, 1.54) is 4.57 Å². The van der Waals surface area contributed by atoms with E-state index in [9.17, 15) is 23.5 Å². The highest BCUT2D eigenvalue weighted by Crippen LogP contribution is 2.25. The summed E-state index contributed by atoms with van der Waals surface area (Å²) in [5, 5.41) is 8.90. The van der Waals surface area contributed by atoms with Crippen molar-refractivity contribution in [1.82, 2.24) is 4.57 Å². The summed E-state index contributed by atoms with van der Waals surface area (Å²) in [6.45, 7) is 0.269. The molecule has 0 aliphatic carbocycles. The number of nitrogens with zero attached hydrogens (tertiary/aromatic N) is 1. The third-order valence-corrected chi connectivity index (χ3v) is 4.02. The van der Waals surface area contributed by atoms with E-state index < -0.39 is 34.3 Å². The maximum atomic E-state index is 13.8. The van der Waals surface area contributed by atoms with E-state index in [4.69, 9.17) is 5.73 Å². The van der Waals surface area contributed by atoms with Crippen molar-refractivity contribution >= 4 is 22.6 Å². The fourth-order valence-electron chi connectivity index (χ4n) is 2.75. The number of hydrogen-bond acceptors (Lipinski definition) is 3. The van der Waals surface area contributed by atoms with Gasteiger partial charge in [-0.2, -0.15) is 0 Å². The van der Waals surface area contributed by atoms with Gasteiger partial charge in [0, 0.05) is 18.8 Å². The van der Waals surface area contributed by atoms with Gasteiger partial charge >= 0.3 is 5.97 Å². The molecule has 0 bridgehead atoms. The minimum Gasteiger partial charge on any atom is -0.477 e. The minimum absolute atomic E-state index is 0.0577. The van der Waals surface area contributed by atoms with Crippen LogP contribution in [0.5, 0.6) is 0 Å². The van der Waals surface area contributed by atoms with Crippen LogP contribution in [-0.2, 0) is 13.0 Å². The van der Waals surface area contributed by atoms with E-state index >= 15 is 0 Å². The summed E-state index contributed by atoms with van der Waals surface area (Å²) in [6, 6.07) is 10.2. The summed E-state index contributed by atoms with van der Waals surface area (Å²) >= 11 is 0. The van der Waals surface area contributed by atoms with E-state index in [1.54, 1.807) is 0 Å². The maximum absolute atomic E-state index is 13.8. The Morgan fingerprint density at radius 1 is 1.20 bits per heavy atom. The van der Waals surface area contributed by atoms with Crippen LogP contribution in [-0.4, -0.2) is 15.6 Å². The molecule has 3 N–H and O–H groups in total. The number of carboxylic acids is 1. The van der Waals surface area contributed by atoms with Gasteiger partial charge in [-0.05, 0) is 12.0 Å². The Kier molecular flexibility index (Phi) is 4.22. The van der Waals surface area contributed by atoms with Gasteiger partial charge in [0.05, 0.1) is 16.6 Å². The quantitative estimate of drug-likeness (QED) is 0.713. The SMILES string of the molecule is Nc1c(F)c(F)cc2c1c(=O)c(C(=O)O)cn2CCc1ccccc1. The highest BCUT2D eigenvalue weighted by atomic mass is 19.2. The first-order valence-electron chi connectivity index (χ1n) is 7.48. The molecule has 0 atom stereocenters. The predicted molar refractivity (Wildman–Crippen MR) is 89.6 cm³/mol. The van der Waals surface area contributed by atoms with Crippen molar-refractivity contribution < 1.29 is 18.7 Å². The van der Waals surface area contributed by atoms with Gasteiger partial charge in [0.1, 0.15) is 5.56 Å². The summed E-state index contributed by atoms with van der Waals surface area (Å²) < 4.78 is 28.9. The Bertz CT molecular complexity index is 1030.